The van der Waals surface area contributed by atoms with Crippen molar-refractivity contribution < 1.29 is 4.79 Å². The molecule has 122 valence electrons. The van der Waals surface area contributed by atoms with Gasteiger partial charge in [0, 0.05) is 24.8 Å². The number of aromatic nitrogens is 2. The number of aromatic amines is 1. The maximum absolute atomic E-state index is 11.6. The van der Waals surface area contributed by atoms with Crippen molar-refractivity contribution in [1.29, 1.82) is 0 Å². The number of carbonyl (C=O) groups excluding carboxylic acids is 1. The first-order chi connectivity index (χ1) is 10.5. The second-order valence-electron chi connectivity index (χ2n) is 5.00. The van der Waals surface area contributed by atoms with Crippen LogP contribution in [-0.2, 0) is 0 Å². The number of nitrogens with zero attached hydrogens (tertiary/aromatic N) is 1. The number of aryl methyl sites for hydroxylation is 1. The van der Waals surface area contributed by atoms with Crippen LogP contribution in [0.25, 0.3) is 0 Å². The van der Waals surface area contributed by atoms with Gasteiger partial charge in [-0.05, 0) is 19.8 Å². The number of amides is 2. The Labute approximate surface area is 129 Å². The number of unbranched alkanes of at least 4 members (excludes halogenated alkanes) is 3. The van der Waals surface area contributed by atoms with Crippen molar-refractivity contribution >= 4 is 12.0 Å². The van der Waals surface area contributed by atoms with Gasteiger partial charge in [-0.25, -0.2) is 4.79 Å². The lowest BCUT2D eigenvalue weighted by Crippen LogP contribution is -2.31. The Kier molecular flexibility index (Phi) is 7.52. The molecule has 0 fully saturated rings. The van der Waals surface area contributed by atoms with Gasteiger partial charge in [0.1, 0.15) is 0 Å². The van der Waals surface area contributed by atoms with E-state index in [4.69, 9.17) is 5.73 Å². The van der Waals surface area contributed by atoms with Crippen LogP contribution < -0.4 is 27.2 Å². The minimum absolute atomic E-state index is 0.149. The smallest absolute Gasteiger partial charge is 0.321 e. The van der Waals surface area contributed by atoms with E-state index < -0.39 is 0 Å². The molecule has 6 N–H and O–H groups in total. The van der Waals surface area contributed by atoms with Crippen LogP contribution in [0.3, 0.4) is 0 Å². The molecule has 1 aromatic rings. The van der Waals surface area contributed by atoms with Gasteiger partial charge in [0.05, 0.1) is 5.82 Å². The summed E-state index contributed by atoms with van der Waals surface area (Å²) in [5, 5.41) is 8.17. The summed E-state index contributed by atoms with van der Waals surface area (Å²) in [4.78, 5) is 29.3. The lowest BCUT2D eigenvalue weighted by atomic mass is 10.2. The monoisotopic (exact) mass is 308 g/mol. The highest BCUT2D eigenvalue weighted by molar-refractivity contribution is 5.87. The molecule has 0 aliphatic rings. The van der Waals surface area contributed by atoms with Crippen LogP contribution in [0.15, 0.2) is 23.3 Å². The van der Waals surface area contributed by atoms with Crippen molar-refractivity contribution in [3.05, 3.63) is 34.5 Å². The standard InChI is InChI=1S/C14H24N6O2/c1-10-9-12(21)19-13(18-10)20-14(22)17-8-6-4-3-5-7-16-11(2)15/h9,16H,2-8,15H2,1H3,(H3,17,18,19,20,21,22). The molecule has 8 nitrogen and oxygen atoms in total. The third kappa shape index (κ3) is 7.93. The highest BCUT2D eigenvalue weighted by atomic mass is 16.2. The highest BCUT2D eigenvalue weighted by Crippen LogP contribution is 1.99. The van der Waals surface area contributed by atoms with E-state index >= 15 is 0 Å². The average molecular weight is 308 g/mol. The first-order valence-electron chi connectivity index (χ1n) is 7.28. The minimum atomic E-state index is -0.389. The molecule has 0 radical (unpaired) electrons. The van der Waals surface area contributed by atoms with Crippen LogP contribution in [0.1, 0.15) is 31.4 Å². The van der Waals surface area contributed by atoms with Gasteiger partial charge in [0.2, 0.25) is 5.95 Å². The molecule has 1 rings (SSSR count). The zero-order valence-corrected chi connectivity index (χ0v) is 12.9. The number of hydrogen-bond acceptors (Lipinski definition) is 5. The number of nitrogens with two attached hydrogens (primary N) is 1. The molecule has 0 atom stereocenters. The van der Waals surface area contributed by atoms with Crippen LogP contribution in [0.5, 0.6) is 0 Å². The quantitative estimate of drug-likeness (QED) is 0.431. The van der Waals surface area contributed by atoms with E-state index in [1.54, 1.807) is 6.92 Å². The van der Waals surface area contributed by atoms with E-state index in [2.05, 4.69) is 32.5 Å². The molecule has 2 amide bonds. The number of H-pyrrole nitrogens is 1. The summed E-state index contributed by atoms with van der Waals surface area (Å²) in [6.07, 6.45) is 3.96. The van der Waals surface area contributed by atoms with E-state index in [-0.39, 0.29) is 17.5 Å². The second kappa shape index (κ2) is 9.43. The zero-order chi connectivity index (χ0) is 16.4. The van der Waals surface area contributed by atoms with Crippen molar-refractivity contribution in [2.45, 2.75) is 32.6 Å². The largest absolute Gasteiger partial charge is 0.386 e. The molecule has 0 aromatic carbocycles. The first-order valence-corrected chi connectivity index (χ1v) is 7.28. The Hall–Kier alpha value is -2.51. The van der Waals surface area contributed by atoms with Crippen LogP contribution in [0, 0.1) is 6.92 Å². The van der Waals surface area contributed by atoms with E-state index in [9.17, 15) is 9.59 Å². The summed E-state index contributed by atoms with van der Waals surface area (Å²) < 4.78 is 0. The van der Waals surface area contributed by atoms with Crippen LogP contribution in [0.4, 0.5) is 10.7 Å². The number of rotatable bonds is 9. The Morgan fingerprint density at radius 3 is 2.50 bits per heavy atom. The van der Waals surface area contributed by atoms with Crippen molar-refractivity contribution in [2.24, 2.45) is 5.73 Å². The SMILES string of the molecule is C=C(N)NCCCCCCNC(=O)Nc1nc(=O)cc(C)[nH]1. The van der Waals surface area contributed by atoms with Crippen molar-refractivity contribution in [3.63, 3.8) is 0 Å². The number of anilines is 1. The summed E-state index contributed by atoms with van der Waals surface area (Å²) in [5.41, 5.74) is 5.64. The molecule has 0 bridgehead atoms. The number of urea groups is 1. The maximum Gasteiger partial charge on any atom is 0.321 e. The first kappa shape index (κ1) is 17.5. The molecule has 1 heterocycles. The predicted octanol–water partition coefficient (Wildman–Crippen LogP) is 0.780. The molecular weight excluding hydrogens is 284 g/mol. The van der Waals surface area contributed by atoms with Crippen molar-refractivity contribution in [2.75, 3.05) is 18.4 Å². The molecule has 0 aliphatic carbocycles. The van der Waals surface area contributed by atoms with Crippen LogP contribution in [-0.4, -0.2) is 29.1 Å². The Morgan fingerprint density at radius 2 is 1.91 bits per heavy atom. The van der Waals surface area contributed by atoms with Gasteiger partial charge in [0.25, 0.3) is 5.56 Å². The van der Waals surface area contributed by atoms with Gasteiger partial charge in [-0.15, -0.1) is 0 Å². The molecule has 0 saturated carbocycles. The summed E-state index contributed by atoms with van der Waals surface area (Å²) in [7, 11) is 0. The van der Waals surface area contributed by atoms with Crippen LogP contribution in [0.2, 0.25) is 0 Å². The van der Waals surface area contributed by atoms with Crippen LogP contribution >= 0.6 is 0 Å². The summed E-state index contributed by atoms with van der Waals surface area (Å²) in [5.74, 6) is 0.636. The fourth-order valence-electron chi connectivity index (χ4n) is 1.84. The van der Waals surface area contributed by atoms with Gasteiger partial charge in [-0.2, -0.15) is 4.98 Å². The van der Waals surface area contributed by atoms with Gasteiger partial charge in [-0.1, -0.05) is 19.4 Å². The fraction of sp³-hybridized carbons (Fsp3) is 0.500. The topological polar surface area (TPSA) is 125 Å². The average Bonchev–Trinajstić information content (AvgIpc) is 2.40. The van der Waals surface area contributed by atoms with Gasteiger partial charge >= 0.3 is 6.03 Å². The maximum atomic E-state index is 11.6. The summed E-state index contributed by atoms with van der Waals surface area (Å²) in [6, 6.07) is 0.979. The predicted molar refractivity (Wildman–Crippen MR) is 86.4 cm³/mol. The van der Waals surface area contributed by atoms with E-state index in [0.717, 1.165) is 32.2 Å². The fourth-order valence-corrected chi connectivity index (χ4v) is 1.84. The number of nitrogens with one attached hydrogen (secondary N) is 4. The Morgan fingerprint density at radius 1 is 1.27 bits per heavy atom. The third-order valence-corrected chi connectivity index (χ3v) is 2.85. The molecule has 0 aliphatic heterocycles. The molecule has 1 aromatic heterocycles. The lowest BCUT2D eigenvalue weighted by Gasteiger charge is -2.07. The molecule has 0 unspecified atom stereocenters. The summed E-state index contributed by atoms with van der Waals surface area (Å²) in [6.45, 7) is 6.66. The molecule has 0 spiro atoms. The van der Waals surface area contributed by atoms with Gasteiger partial charge in [0.15, 0.2) is 0 Å². The van der Waals surface area contributed by atoms with E-state index in [1.807, 2.05) is 0 Å². The minimum Gasteiger partial charge on any atom is -0.386 e. The molecule has 8 heteroatoms. The highest BCUT2D eigenvalue weighted by Gasteiger charge is 2.03. The van der Waals surface area contributed by atoms with Gasteiger partial charge < -0.3 is 21.4 Å². The normalized spacial score (nSPS) is 10.0. The van der Waals surface area contributed by atoms with E-state index in [1.165, 1.54) is 6.07 Å². The van der Waals surface area contributed by atoms with E-state index in [0.29, 0.717) is 18.1 Å². The summed E-state index contributed by atoms with van der Waals surface area (Å²) >= 11 is 0. The second-order valence-corrected chi connectivity index (χ2v) is 5.00. The molecule has 22 heavy (non-hydrogen) atoms. The Balaban J connectivity index is 2.11. The molecular formula is C14H24N6O2. The lowest BCUT2D eigenvalue weighted by molar-refractivity contribution is 0.251. The Bertz CT molecular complexity index is 555. The third-order valence-electron chi connectivity index (χ3n) is 2.85. The zero-order valence-electron chi connectivity index (χ0n) is 12.9. The van der Waals surface area contributed by atoms with Crippen molar-refractivity contribution in [1.82, 2.24) is 20.6 Å². The number of hydrogen-bond donors (Lipinski definition) is 5. The number of carbonyl (C=O) groups is 1. The molecule has 0 saturated heterocycles. The van der Waals surface area contributed by atoms with Gasteiger partial charge in [-0.3, -0.25) is 10.1 Å². The van der Waals surface area contributed by atoms with Crippen molar-refractivity contribution in [3.8, 4) is 0 Å².